The number of rotatable bonds is 8. The minimum absolute atomic E-state index is 0.750. The second-order valence-corrected chi connectivity index (χ2v) is 5.51. The van der Waals surface area contributed by atoms with Gasteiger partial charge in [-0.05, 0) is 35.4 Å². The van der Waals surface area contributed by atoms with Gasteiger partial charge in [-0.15, -0.1) is 11.8 Å². The second-order valence-electron chi connectivity index (χ2n) is 4.46. The lowest BCUT2D eigenvalue weighted by molar-refractivity contribution is 0.199. The summed E-state index contributed by atoms with van der Waals surface area (Å²) in [4.78, 5) is 5.32. The molecule has 0 bridgehead atoms. The molecule has 1 aromatic heterocycles. The lowest BCUT2D eigenvalue weighted by Gasteiger charge is -2.06. The molecule has 1 N–H and O–H groups in total. The summed E-state index contributed by atoms with van der Waals surface area (Å²) in [5.41, 5.74) is 2.60. The van der Waals surface area contributed by atoms with Crippen molar-refractivity contribution in [1.82, 2.24) is 10.3 Å². The Bertz CT molecular complexity index is 488. The summed E-state index contributed by atoms with van der Waals surface area (Å²) in [5, 5.41) is 3.34. The minimum Gasteiger partial charge on any atom is -0.383 e. The first kappa shape index (κ1) is 15.0. The van der Waals surface area contributed by atoms with Crippen LogP contribution >= 0.6 is 11.8 Å². The van der Waals surface area contributed by atoms with E-state index in [1.165, 1.54) is 16.0 Å². The topological polar surface area (TPSA) is 34.1 Å². The number of nitrogens with one attached hydrogen (secondary N) is 1. The number of hydrogen-bond acceptors (Lipinski definition) is 4. The van der Waals surface area contributed by atoms with Crippen molar-refractivity contribution in [3.8, 4) is 0 Å². The molecule has 0 unspecified atom stereocenters. The fourth-order valence-corrected chi connectivity index (χ4v) is 2.61. The molecular weight excluding hydrogens is 268 g/mol. The van der Waals surface area contributed by atoms with Crippen molar-refractivity contribution >= 4 is 11.8 Å². The van der Waals surface area contributed by atoms with E-state index in [1.54, 1.807) is 7.11 Å². The van der Waals surface area contributed by atoms with E-state index in [9.17, 15) is 0 Å². The van der Waals surface area contributed by atoms with E-state index >= 15 is 0 Å². The maximum absolute atomic E-state index is 5.00. The van der Waals surface area contributed by atoms with Crippen LogP contribution in [0.1, 0.15) is 11.1 Å². The molecule has 0 radical (unpaired) electrons. The molecule has 0 spiro atoms. The molecule has 0 aliphatic heterocycles. The Kier molecular flexibility index (Phi) is 6.57. The van der Waals surface area contributed by atoms with Crippen molar-refractivity contribution in [2.45, 2.75) is 17.2 Å². The highest BCUT2D eigenvalue weighted by Gasteiger charge is 1.97. The number of benzene rings is 1. The maximum atomic E-state index is 5.00. The van der Waals surface area contributed by atoms with Gasteiger partial charge in [0.15, 0.2) is 0 Å². The lowest BCUT2D eigenvalue weighted by atomic mass is 10.2. The third-order valence-electron chi connectivity index (χ3n) is 2.89. The molecule has 0 saturated carbocycles. The summed E-state index contributed by atoms with van der Waals surface area (Å²) in [7, 11) is 1.72. The van der Waals surface area contributed by atoms with Gasteiger partial charge in [0.25, 0.3) is 0 Å². The first-order valence-electron chi connectivity index (χ1n) is 6.69. The predicted octanol–water partition coefficient (Wildman–Crippen LogP) is 3.11. The van der Waals surface area contributed by atoms with E-state index in [-0.39, 0.29) is 0 Å². The van der Waals surface area contributed by atoms with Crippen molar-refractivity contribution in [2.24, 2.45) is 0 Å². The van der Waals surface area contributed by atoms with Crippen molar-refractivity contribution in [1.29, 1.82) is 0 Å². The molecule has 1 aromatic carbocycles. The molecule has 0 saturated heterocycles. The Morgan fingerprint density at radius 3 is 2.50 bits per heavy atom. The molecular formula is C16H20N2OS. The Hall–Kier alpha value is -1.36. The normalized spacial score (nSPS) is 10.7. The number of ether oxygens (including phenoxy) is 1. The number of pyridine rings is 1. The molecule has 0 amide bonds. The first-order chi connectivity index (χ1) is 9.88. The average Bonchev–Trinajstić information content (AvgIpc) is 2.52. The molecule has 4 heteroatoms. The van der Waals surface area contributed by atoms with Crippen LogP contribution in [0.4, 0.5) is 0 Å². The van der Waals surface area contributed by atoms with Crippen LogP contribution in [-0.2, 0) is 17.0 Å². The van der Waals surface area contributed by atoms with Crippen LogP contribution < -0.4 is 5.32 Å². The Morgan fingerprint density at radius 2 is 1.80 bits per heavy atom. The van der Waals surface area contributed by atoms with Gasteiger partial charge >= 0.3 is 0 Å². The maximum Gasteiger partial charge on any atom is 0.0587 e. The lowest BCUT2D eigenvalue weighted by Crippen LogP contribution is -2.18. The number of methoxy groups -OCH3 is 1. The van der Waals surface area contributed by atoms with Crippen molar-refractivity contribution in [3.63, 3.8) is 0 Å². The van der Waals surface area contributed by atoms with Gasteiger partial charge in [0.2, 0.25) is 0 Å². The summed E-state index contributed by atoms with van der Waals surface area (Å²) in [6, 6.07) is 12.8. The van der Waals surface area contributed by atoms with Gasteiger partial charge in [0, 0.05) is 43.2 Å². The van der Waals surface area contributed by atoms with Crippen LogP contribution in [0.15, 0.2) is 53.7 Å². The smallest absolute Gasteiger partial charge is 0.0587 e. The highest BCUT2D eigenvalue weighted by molar-refractivity contribution is 7.98. The molecule has 0 fully saturated rings. The van der Waals surface area contributed by atoms with Gasteiger partial charge in [-0.2, -0.15) is 0 Å². The van der Waals surface area contributed by atoms with Crippen LogP contribution in [0.5, 0.6) is 0 Å². The molecule has 1 heterocycles. The highest BCUT2D eigenvalue weighted by Crippen LogP contribution is 2.22. The van der Waals surface area contributed by atoms with E-state index in [1.807, 2.05) is 24.2 Å². The molecule has 20 heavy (non-hydrogen) atoms. The summed E-state index contributed by atoms with van der Waals surface area (Å²) in [6.07, 6.45) is 3.68. The van der Waals surface area contributed by atoms with Gasteiger partial charge in [-0.25, -0.2) is 0 Å². The van der Waals surface area contributed by atoms with E-state index < -0.39 is 0 Å². The van der Waals surface area contributed by atoms with Gasteiger partial charge < -0.3 is 10.1 Å². The Balaban J connectivity index is 1.76. The number of hydrogen-bond donors (Lipinski definition) is 1. The standard InChI is InChI=1S/C16H20N2OS/c1-19-11-10-18-12-14-2-4-16(5-3-14)20-13-15-6-8-17-9-7-15/h2-9,18H,10-13H2,1H3. The summed E-state index contributed by atoms with van der Waals surface area (Å²) >= 11 is 1.85. The zero-order chi connectivity index (χ0) is 14.0. The van der Waals surface area contributed by atoms with E-state index in [4.69, 9.17) is 4.74 Å². The Labute approximate surface area is 124 Å². The number of aromatic nitrogens is 1. The van der Waals surface area contributed by atoms with Crippen molar-refractivity contribution in [3.05, 3.63) is 59.9 Å². The van der Waals surface area contributed by atoms with Gasteiger partial charge in [0.1, 0.15) is 0 Å². The zero-order valence-electron chi connectivity index (χ0n) is 11.7. The molecule has 2 rings (SSSR count). The zero-order valence-corrected chi connectivity index (χ0v) is 12.5. The minimum atomic E-state index is 0.750. The SMILES string of the molecule is COCCNCc1ccc(SCc2ccncc2)cc1. The third kappa shape index (κ3) is 5.33. The van der Waals surface area contributed by atoms with E-state index in [0.29, 0.717) is 0 Å². The van der Waals surface area contributed by atoms with E-state index in [0.717, 1.165) is 25.4 Å². The van der Waals surface area contributed by atoms with Crippen LogP contribution in [0.3, 0.4) is 0 Å². The van der Waals surface area contributed by atoms with Crippen molar-refractivity contribution in [2.75, 3.05) is 20.3 Å². The van der Waals surface area contributed by atoms with Gasteiger partial charge in [0.05, 0.1) is 6.61 Å². The number of thioether (sulfide) groups is 1. The van der Waals surface area contributed by atoms with Gasteiger partial charge in [-0.1, -0.05) is 12.1 Å². The second kappa shape index (κ2) is 8.74. The summed E-state index contributed by atoms with van der Waals surface area (Å²) in [5.74, 6) is 0.980. The molecule has 0 atom stereocenters. The van der Waals surface area contributed by atoms with Crippen LogP contribution in [-0.4, -0.2) is 25.2 Å². The van der Waals surface area contributed by atoms with Crippen LogP contribution in [0, 0.1) is 0 Å². The molecule has 0 aliphatic carbocycles. The molecule has 0 aliphatic rings. The van der Waals surface area contributed by atoms with E-state index in [2.05, 4.69) is 46.7 Å². The highest BCUT2D eigenvalue weighted by atomic mass is 32.2. The largest absolute Gasteiger partial charge is 0.383 e. The summed E-state index contributed by atoms with van der Waals surface area (Å²) in [6.45, 7) is 2.52. The van der Waals surface area contributed by atoms with Crippen LogP contribution in [0.25, 0.3) is 0 Å². The van der Waals surface area contributed by atoms with Gasteiger partial charge in [-0.3, -0.25) is 4.98 Å². The monoisotopic (exact) mass is 288 g/mol. The quantitative estimate of drug-likeness (QED) is 0.598. The van der Waals surface area contributed by atoms with Crippen molar-refractivity contribution < 1.29 is 4.74 Å². The molecule has 2 aromatic rings. The average molecular weight is 288 g/mol. The summed E-state index contributed by atoms with van der Waals surface area (Å²) < 4.78 is 5.00. The predicted molar refractivity (Wildman–Crippen MR) is 83.8 cm³/mol. The Morgan fingerprint density at radius 1 is 1.05 bits per heavy atom. The molecule has 106 valence electrons. The fourth-order valence-electron chi connectivity index (χ4n) is 1.76. The number of nitrogens with zero attached hydrogens (tertiary/aromatic N) is 1. The van der Waals surface area contributed by atoms with Crippen LogP contribution in [0.2, 0.25) is 0 Å². The first-order valence-corrected chi connectivity index (χ1v) is 7.67. The fraction of sp³-hybridized carbons (Fsp3) is 0.312. The molecule has 3 nitrogen and oxygen atoms in total. The third-order valence-corrected chi connectivity index (χ3v) is 3.97.